The lowest BCUT2D eigenvalue weighted by molar-refractivity contribution is -0.139. The fourth-order valence-electron chi connectivity index (χ4n) is 5.51. The number of benzene rings is 1. The molecule has 35 heavy (non-hydrogen) atoms. The van der Waals surface area contributed by atoms with E-state index in [9.17, 15) is 14.4 Å². The van der Waals surface area contributed by atoms with Gasteiger partial charge in [-0.15, -0.1) is 21.8 Å². The first kappa shape index (κ1) is 23.9. The molecule has 0 radical (unpaired) electrons. The molecule has 1 aromatic carbocycles. The Balaban J connectivity index is 1.40. The van der Waals surface area contributed by atoms with Crippen LogP contribution in [0.25, 0.3) is 5.69 Å². The number of fused-ring (bicyclic) bond motifs is 1. The van der Waals surface area contributed by atoms with Gasteiger partial charge in [0.05, 0.1) is 5.38 Å². The summed E-state index contributed by atoms with van der Waals surface area (Å²) >= 11 is 6.44. The SMILES string of the molecule is CC1(C)CCC([C@H](NC(=O)c2cccc(-n3cnnc3)c2)C(=O)N2C[C@H](Cl)[C@H]3OCC(=O)[C@H]32)CC1. The average Bonchev–Trinajstić information content (AvgIpc) is 3.57. The van der Waals surface area contributed by atoms with Gasteiger partial charge in [-0.2, -0.15) is 0 Å². The highest BCUT2D eigenvalue weighted by Gasteiger charge is 2.53. The van der Waals surface area contributed by atoms with Crippen molar-refractivity contribution in [2.45, 2.75) is 63.1 Å². The van der Waals surface area contributed by atoms with Gasteiger partial charge in [-0.25, -0.2) is 0 Å². The molecular weight excluding hydrogens is 470 g/mol. The molecule has 5 rings (SSSR count). The summed E-state index contributed by atoms with van der Waals surface area (Å²) in [5, 5.41) is 10.2. The third-order valence-corrected chi connectivity index (χ3v) is 8.03. The van der Waals surface area contributed by atoms with Crippen LogP contribution in [0.4, 0.5) is 0 Å². The quantitative estimate of drug-likeness (QED) is 0.633. The van der Waals surface area contributed by atoms with Gasteiger partial charge in [-0.3, -0.25) is 19.0 Å². The van der Waals surface area contributed by atoms with Gasteiger partial charge in [-0.05, 0) is 55.2 Å². The minimum Gasteiger partial charge on any atom is -0.366 e. The fraction of sp³-hybridized carbons (Fsp3) is 0.560. The predicted molar refractivity (Wildman–Crippen MR) is 128 cm³/mol. The summed E-state index contributed by atoms with van der Waals surface area (Å²) in [6.07, 6.45) is 6.19. The number of halogens is 1. The molecule has 186 valence electrons. The van der Waals surface area contributed by atoms with Gasteiger partial charge >= 0.3 is 0 Å². The average molecular weight is 500 g/mol. The number of ketones is 1. The third-order valence-electron chi connectivity index (χ3n) is 7.64. The Hall–Kier alpha value is -2.78. The number of Topliss-reactive ketones (excluding diaryl/α,β-unsaturated/α-hetero) is 1. The molecule has 3 heterocycles. The first-order valence-electron chi connectivity index (χ1n) is 12.1. The van der Waals surface area contributed by atoms with Gasteiger partial charge < -0.3 is 15.0 Å². The Labute approximate surface area is 209 Å². The summed E-state index contributed by atoms with van der Waals surface area (Å²) < 4.78 is 7.27. The van der Waals surface area contributed by atoms with Crippen molar-refractivity contribution in [2.24, 2.45) is 11.3 Å². The molecule has 2 aromatic rings. The Morgan fingerprint density at radius 3 is 2.63 bits per heavy atom. The molecule has 3 fully saturated rings. The van der Waals surface area contributed by atoms with Crippen molar-refractivity contribution in [1.29, 1.82) is 0 Å². The van der Waals surface area contributed by atoms with E-state index in [4.69, 9.17) is 16.3 Å². The lowest BCUT2D eigenvalue weighted by atomic mass is 9.71. The highest BCUT2D eigenvalue weighted by molar-refractivity contribution is 6.22. The molecule has 0 unspecified atom stereocenters. The van der Waals surface area contributed by atoms with Crippen molar-refractivity contribution in [2.75, 3.05) is 13.2 Å². The number of nitrogens with zero attached hydrogens (tertiary/aromatic N) is 4. The minimum atomic E-state index is -0.742. The lowest BCUT2D eigenvalue weighted by Crippen LogP contribution is -2.55. The van der Waals surface area contributed by atoms with Crippen molar-refractivity contribution in [3.05, 3.63) is 42.5 Å². The van der Waals surface area contributed by atoms with Crippen molar-refractivity contribution in [1.82, 2.24) is 25.0 Å². The van der Waals surface area contributed by atoms with Crippen LogP contribution in [-0.4, -0.2) is 74.0 Å². The first-order chi connectivity index (χ1) is 16.7. The summed E-state index contributed by atoms with van der Waals surface area (Å²) in [6.45, 7) is 4.65. The zero-order chi connectivity index (χ0) is 24.7. The van der Waals surface area contributed by atoms with E-state index in [0.29, 0.717) is 5.56 Å². The van der Waals surface area contributed by atoms with Crippen LogP contribution >= 0.6 is 11.6 Å². The topological polar surface area (TPSA) is 106 Å². The predicted octanol–water partition coefficient (Wildman–Crippen LogP) is 2.37. The Morgan fingerprint density at radius 1 is 1.20 bits per heavy atom. The molecule has 1 saturated carbocycles. The third kappa shape index (κ3) is 4.71. The number of carbonyl (C=O) groups excluding carboxylic acids is 3. The van der Waals surface area contributed by atoms with E-state index in [2.05, 4.69) is 29.4 Å². The van der Waals surface area contributed by atoms with Crippen LogP contribution < -0.4 is 5.32 Å². The maximum absolute atomic E-state index is 13.9. The zero-order valence-electron chi connectivity index (χ0n) is 19.9. The number of likely N-dealkylation sites (tertiary alicyclic amines) is 1. The smallest absolute Gasteiger partial charge is 0.252 e. The summed E-state index contributed by atoms with van der Waals surface area (Å²) in [5.74, 6) is -0.751. The Morgan fingerprint density at radius 2 is 1.91 bits per heavy atom. The monoisotopic (exact) mass is 499 g/mol. The largest absolute Gasteiger partial charge is 0.366 e. The normalized spacial score (nSPS) is 27.0. The number of ether oxygens (including phenoxy) is 1. The van der Waals surface area contributed by atoms with Gasteiger partial charge in [0, 0.05) is 17.8 Å². The summed E-state index contributed by atoms with van der Waals surface area (Å²) in [4.78, 5) is 41.3. The Kier molecular flexibility index (Phi) is 6.40. The van der Waals surface area contributed by atoms with E-state index in [1.165, 1.54) is 4.90 Å². The van der Waals surface area contributed by atoms with Gasteiger partial charge in [0.25, 0.3) is 5.91 Å². The summed E-state index contributed by atoms with van der Waals surface area (Å²) in [6, 6.07) is 5.66. The van der Waals surface area contributed by atoms with E-state index in [-0.39, 0.29) is 42.1 Å². The number of alkyl halides is 1. The van der Waals surface area contributed by atoms with Gasteiger partial charge in [-0.1, -0.05) is 19.9 Å². The van der Waals surface area contributed by atoms with Crippen molar-refractivity contribution < 1.29 is 19.1 Å². The van der Waals surface area contributed by atoms with Crippen LogP contribution in [0, 0.1) is 11.3 Å². The number of hydrogen-bond acceptors (Lipinski definition) is 6. The second kappa shape index (κ2) is 9.35. The van der Waals surface area contributed by atoms with E-state index < -0.39 is 23.6 Å². The number of aromatic nitrogens is 3. The van der Waals surface area contributed by atoms with Crippen molar-refractivity contribution in [3.63, 3.8) is 0 Å². The highest BCUT2D eigenvalue weighted by atomic mass is 35.5. The van der Waals surface area contributed by atoms with Crippen LogP contribution in [0.2, 0.25) is 0 Å². The van der Waals surface area contributed by atoms with Gasteiger partial charge in [0.15, 0.2) is 5.78 Å². The van der Waals surface area contributed by atoms with Crippen LogP contribution in [-0.2, 0) is 14.3 Å². The number of rotatable bonds is 5. The summed E-state index contributed by atoms with van der Waals surface area (Å²) in [7, 11) is 0. The number of carbonyl (C=O) groups is 3. The number of nitrogens with one attached hydrogen (secondary N) is 1. The first-order valence-corrected chi connectivity index (χ1v) is 12.5. The maximum atomic E-state index is 13.9. The molecule has 10 heteroatoms. The van der Waals surface area contributed by atoms with Crippen molar-refractivity contribution >= 4 is 29.2 Å². The van der Waals surface area contributed by atoms with Crippen LogP contribution in [0.5, 0.6) is 0 Å². The fourth-order valence-corrected chi connectivity index (χ4v) is 5.86. The number of amides is 2. The standard InChI is InChI=1S/C25H30ClN5O4/c1-25(2)8-6-15(7-9-25)20(24(34)31-11-18(26)22-21(31)19(32)12-35-22)29-23(33)16-4-3-5-17(10-16)30-13-27-28-14-30/h3-5,10,13-15,18,20-22H,6-9,11-12H2,1-2H3,(H,29,33)/t18-,20-,21+,22+/m0/s1. The molecule has 1 aromatic heterocycles. The summed E-state index contributed by atoms with van der Waals surface area (Å²) in [5.41, 5.74) is 1.38. The Bertz CT molecular complexity index is 1110. The molecular formula is C25H30ClN5O4. The molecule has 2 saturated heterocycles. The van der Waals surface area contributed by atoms with Crippen LogP contribution in [0.1, 0.15) is 49.9 Å². The van der Waals surface area contributed by atoms with Crippen LogP contribution in [0.15, 0.2) is 36.9 Å². The van der Waals surface area contributed by atoms with E-state index >= 15 is 0 Å². The van der Waals surface area contributed by atoms with Gasteiger partial charge in [0.1, 0.15) is 37.4 Å². The van der Waals surface area contributed by atoms with Gasteiger partial charge in [0.2, 0.25) is 5.91 Å². The molecule has 1 aliphatic carbocycles. The van der Waals surface area contributed by atoms with E-state index in [1.54, 1.807) is 35.4 Å². The molecule has 1 N–H and O–H groups in total. The minimum absolute atomic E-state index is 0.0224. The highest BCUT2D eigenvalue weighted by Crippen LogP contribution is 2.40. The molecule has 2 amide bonds. The second-order valence-corrected chi connectivity index (χ2v) is 11.1. The second-order valence-electron chi connectivity index (χ2n) is 10.6. The number of hydrogen-bond donors (Lipinski definition) is 1. The van der Waals surface area contributed by atoms with E-state index in [0.717, 1.165) is 31.4 Å². The zero-order valence-corrected chi connectivity index (χ0v) is 20.6. The molecule has 3 aliphatic rings. The lowest BCUT2D eigenvalue weighted by Gasteiger charge is -2.39. The maximum Gasteiger partial charge on any atom is 0.252 e. The molecule has 0 spiro atoms. The molecule has 4 atom stereocenters. The molecule has 2 aliphatic heterocycles. The van der Waals surface area contributed by atoms with Crippen molar-refractivity contribution in [3.8, 4) is 5.69 Å². The molecule has 0 bridgehead atoms. The van der Waals surface area contributed by atoms with Crippen LogP contribution in [0.3, 0.4) is 0 Å². The van der Waals surface area contributed by atoms with E-state index in [1.807, 2.05) is 6.07 Å². The molecule has 9 nitrogen and oxygen atoms in total.